The Hall–Kier alpha value is -0.920. The van der Waals surface area contributed by atoms with Crippen LogP contribution in [0.5, 0.6) is 0 Å². The molecule has 1 fully saturated rings. The van der Waals surface area contributed by atoms with E-state index in [0.29, 0.717) is 0 Å². The summed E-state index contributed by atoms with van der Waals surface area (Å²) in [6.45, 7) is 4.30. The molecular formula is C15H25N3O3S. The van der Waals surface area contributed by atoms with Crippen LogP contribution in [0.4, 0.5) is 0 Å². The highest BCUT2D eigenvalue weighted by Gasteiger charge is 2.25. The first kappa shape index (κ1) is 16.0. The Labute approximate surface area is 132 Å². The van der Waals surface area contributed by atoms with Crippen LogP contribution in [0.2, 0.25) is 0 Å². The van der Waals surface area contributed by atoms with Gasteiger partial charge in [0.2, 0.25) is 10.0 Å². The molecule has 0 radical (unpaired) electrons. The molecule has 2 heterocycles. The van der Waals surface area contributed by atoms with Crippen molar-refractivity contribution in [2.75, 3.05) is 18.8 Å². The van der Waals surface area contributed by atoms with Crippen LogP contribution in [0.25, 0.3) is 0 Å². The summed E-state index contributed by atoms with van der Waals surface area (Å²) in [4.78, 5) is 2.35. The molecule has 0 amide bonds. The Kier molecular flexibility index (Phi) is 4.84. The molecule has 0 saturated carbocycles. The fraction of sp³-hybridized carbons (Fsp3) is 0.800. The second kappa shape index (κ2) is 6.68. The first-order chi connectivity index (χ1) is 10.6. The minimum atomic E-state index is -3.09. The molecule has 1 N–H and O–H groups in total. The van der Waals surface area contributed by atoms with Crippen LogP contribution in [0, 0.1) is 0 Å². The lowest BCUT2D eigenvalue weighted by Gasteiger charge is -2.31. The van der Waals surface area contributed by atoms with E-state index in [1.54, 1.807) is 6.92 Å². The fourth-order valence-electron chi connectivity index (χ4n) is 3.33. The zero-order chi connectivity index (χ0) is 15.6. The van der Waals surface area contributed by atoms with Gasteiger partial charge in [-0.05, 0) is 39.0 Å². The molecule has 124 valence electrons. The number of nitrogens with zero attached hydrogens (tertiary/aromatic N) is 2. The maximum absolute atomic E-state index is 11.6. The minimum absolute atomic E-state index is 0.0763. The molecule has 2 aliphatic rings. The van der Waals surface area contributed by atoms with Gasteiger partial charge in [-0.1, -0.05) is 5.16 Å². The van der Waals surface area contributed by atoms with Crippen LogP contribution in [0.1, 0.15) is 49.6 Å². The van der Waals surface area contributed by atoms with Gasteiger partial charge in [0.1, 0.15) is 11.5 Å². The van der Waals surface area contributed by atoms with E-state index in [9.17, 15) is 8.42 Å². The number of sulfonamides is 1. The lowest BCUT2D eigenvalue weighted by Crippen LogP contribution is -2.44. The number of hydrogen-bond acceptors (Lipinski definition) is 5. The molecule has 7 heteroatoms. The molecule has 0 bridgehead atoms. The number of aryl methyl sites for hydroxylation is 1. The molecule has 1 aromatic rings. The number of likely N-dealkylation sites (tertiary alicyclic amines) is 1. The Morgan fingerprint density at radius 3 is 2.73 bits per heavy atom. The molecule has 6 nitrogen and oxygen atoms in total. The van der Waals surface area contributed by atoms with Crippen molar-refractivity contribution in [3.05, 3.63) is 17.0 Å². The van der Waals surface area contributed by atoms with E-state index in [0.717, 1.165) is 56.8 Å². The van der Waals surface area contributed by atoms with Crippen molar-refractivity contribution in [3.63, 3.8) is 0 Å². The Morgan fingerprint density at radius 2 is 2.00 bits per heavy atom. The van der Waals surface area contributed by atoms with Gasteiger partial charge in [-0.2, -0.15) is 0 Å². The molecular weight excluding hydrogens is 302 g/mol. The fourth-order valence-corrected chi connectivity index (χ4v) is 4.24. The van der Waals surface area contributed by atoms with Gasteiger partial charge in [0, 0.05) is 37.7 Å². The maximum Gasteiger partial charge on any atom is 0.211 e. The number of piperidine rings is 1. The van der Waals surface area contributed by atoms with E-state index in [1.165, 1.54) is 18.4 Å². The number of nitrogens with one attached hydrogen (secondary N) is 1. The zero-order valence-electron chi connectivity index (χ0n) is 13.2. The van der Waals surface area contributed by atoms with Crippen molar-refractivity contribution in [2.45, 2.75) is 58.0 Å². The van der Waals surface area contributed by atoms with Crippen LogP contribution < -0.4 is 4.72 Å². The van der Waals surface area contributed by atoms with Gasteiger partial charge < -0.3 is 4.52 Å². The summed E-state index contributed by atoms with van der Waals surface area (Å²) >= 11 is 0. The van der Waals surface area contributed by atoms with Crippen molar-refractivity contribution >= 4 is 10.0 Å². The average molecular weight is 327 g/mol. The molecule has 0 spiro atoms. The predicted molar refractivity (Wildman–Crippen MR) is 84.0 cm³/mol. The van der Waals surface area contributed by atoms with Gasteiger partial charge in [0.25, 0.3) is 0 Å². The van der Waals surface area contributed by atoms with Crippen molar-refractivity contribution in [2.24, 2.45) is 0 Å². The van der Waals surface area contributed by atoms with Gasteiger partial charge >= 0.3 is 0 Å². The van der Waals surface area contributed by atoms with Gasteiger partial charge in [-0.15, -0.1) is 0 Å². The Bertz CT molecular complexity index is 604. The van der Waals surface area contributed by atoms with Gasteiger partial charge in [-0.25, -0.2) is 13.1 Å². The Morgan fingerprint density at radius 1 is 1.27 bits per heavy atom. The summed E-state index contributed by atoms with van der Waals surface area (Å²) in [5.41, 5.74) is 2.40. The highest BCUT2D eigenvalue weighted by Crippen LogP contribution is 2.25. The Balaban J connectivity index is 1.53. The first-order valence-electron chi connectivity index (χ1n) is 8.26. The molecule has 0 atom stereocenters. The third-order valence-corrected chi connectivity index (χ3v) is 6.17. The van der Waals surface area contributed by atoms with Crippen LogP contribution in [-0.4, -0.2) is 43.4 Å². The summed E-state index contributed by atoms with van der Waals surface area (Å²) in [6, 6.07) is 0.0763. The van der Waals surface area contributed by atoms with Gasteiger partial charge in [0.05, 0.1) is 5.75 Å². The van der Waals surface area contributed by atoms with Crippen LogP contribution in [0.3, 0.4) is 0 Å². The normalized spacial score (nSPS) is 21.0. The largest absolute Gasteiger partial charge is 0.361 e. The quantitative estimate of drug-likeness (QED) is 0.886. The van der Waals surface area contributed by atoms with E-state index in [4.69, 9.17) is 4.52 Å². The number of fused-ring (bicyclic) bond motifs is 1. The first-order valence-corrected chi connectivity index (χ1v) is 9.91. The molecule has 22 heavy (non-hydrogen) atoms. The molecule has 0 unspecified atom stereocenters. The second-order valence-electron chi connectivity index (χ2n) is 6.31. The highest BCUT2D eigenvalue weighted by atomic mass is 32.2. The standard InChI is InChI=1S/C15H25N3O3S/c1-2-22(19,20)17-12-7-9-18(10-8-12)11-14-13-5-3-4-6-15(13)21-16-14/h12,17H,2-11H2,1H3. The van der Waals surface area contributed by atoms with E-state index < -0.39 is 10.0 Å². The summed E-state index contributed by atoms with van der Waals surface area (Å²) in [5.74, 6) is 1.23. The van der Waals surface area contributed by atoms with Crippen molar-refractivity contribution in [1.82, 2.24) is 14.8 Å². The maximum atomic E-state index is 11.6. The third kappa shape index (κ3) is 3.70. The summed E-state index contributed by atoms with van der Waals surface area (Å²) in [7, 11) is -3.09. The van der Waals surface area contributed by atoms with Gasteiger partial charge in [-0.3, -0.25) is 4.90 Å². The van der Waals surface area contributed by atoms with Crippen molar-refractivity contribution < 1.29 is 12.9 Å². The van der Waals surface area contributed by atoms with E-state index in [-0.39, 0.29) is 11.8 Å². The summed E-state index contributed by atoms with van der Waals surface area (Å²) < 4.78 is 31.5. The monoisotopic (exact) mass is 327 g/mol. The molecule has 1 aromatic heterocycles. The number of aromatic nitrogens is 1. The minimum Gasteiger partial charge on any atom is -0.361 e. The third-order valence-electron chi connectivity index (χ3n) is 4.72. The molecule has 1 aliphatic carbocycles. The van der Waals surface area contributed by atoms with E-state index in [2.05, 4.69) is 14.8 Å². The van der Waals surface area contributed by atoms with Crippen LogP contribution in [0.15, 0.2) is 4.52 Å². The van der Waals surface area contributed by atoms with Crippen LogP contribution in [-0.2, 0) is 29.4 Å². The molecule has 0 aromatic carbocycles. The van der Waals surface area contributed by atoms with Crippen molar-refractivity contribution in [1.29, 1.82) is 0 Å². The zero-order valence-corrected chi connectivity index (χ0v) is 14.0. The molecule has 1 aliphatic heterocycles. The average Bonchev–Trinajstić information content (AvgIpc) is 2.92. The SMILES string of the molecule is CCS(=O)(=O)NC1CCN(Cc2noc3c2CCCC3)CC1. The second-order valence-corrected chi connectivity index (χ2v) is 8.35. The highest BCUT2D eigenvalue weighted by molar-refractivity contribution is 7.89. The van der Waals surface area contributed by atoms with Crippen molar-refractivity contribution in [3.8, 4) is 0 Å². The smallest absolute Gasteiger partial charge is 0.211 e. The van der Waals surface area contributed by atoms with E-state index in [1.807, 2.05) is 0 Å². The van der Waals surface area contributed by atoms with E-state index >= 15 is 0 Å². The van der Waals surface area contributed by atoms with Gasteiger partial charge in [0.15, 0.2) is 0 Å². The lowest BCUT2D eigenvalue weighted by molar-refractivity contribution is 0.194. The lowest BCUT2D eigenvalue weighted by atomic mass is 9.96. The number of hydrogen-bond donors (Lipinski definition) is 1. The summed E-state index contributed by atoms with van der Waals surface area (Å²) in [5, 5.41) is 4.26. The molecule has 3 rings (SSSR count). The predicted octanol–water partition coefficient (Wildman–Crippen LogP) is 1.46. The number of rotatable bonds is 5. The summed E-state index contributed by atoms with van der Waals surface area (Å²) in [6.07, 6.45) is 6.25. The van der Waals surface area contributed by atoms with Crippen LogP contribution >= 0.6 is 0 Å². The molecule has 1 saturated heterocycles. The topological polar surface area (TPSA) is 75.4 Å².